The molecule has 2 fully saturated rings. The second kappa shape index (κ2) is 8.56. The van der Waals surface area contributed by atoms with E-state index in [4.69, 9.17) is 14.2 Å². The number of fused-ring (bicyclic) bond motifs is 1. The van der Waals surface area contributed by atoms with Crippen molar-refractivity contribution in [2.75, 3.05) is 32.2 Å². The summed E-state index contributed by atoms with van der Waals surface area (Å²) in [5, 5.41) is 15.0. The molecule has 0 aliphatic carbocycles. The Hall–Kier alpha value is -3.50. The minimum atomic E-state index is -0.296. The van der Waals surface area contributed by atoms with E-state index in [1.54, 1.807) is 16.8 Å². The van der Waals surface area contributed by atoms with E-state index in [1.807, 2.05) is 61.5 Å². The van der Waals surface area contributed by atoms with Crippen molar-refractivity contribution >= 4 is 11.6 Å². The molecule has 0 radical (unpaired) electrons. The monoisotopic (exact) mass is 436 g/mol. The Morgan fingerprint density at radius 2 is 1.91 bits per heavy atom. The maximum absolute atomic E-state index is 12.5. The van der Waals surface area contributed by atoms with Gasteiger partial charge in [0.2, 0.25) is 0 Å². The van der Waals surface area contributed by atoms with Gasteiger partial charge in [-0.05, 0) is 34.7 Å². The molecule has 0 saturated carbocycles. The van der Waals surface area contributed by atoms with Gasteiger partial charge >= 0.3 is 6.01 Å². The van der Waals surface area contributed by atoms with Crippen molar-refractivity contribution in [2.24, 2.45) is 0 Å². The Kier molecular flexibility index (Phi) is 5.46. The lowest BCUT2D eigenvalue weighted by Crippen LogP contribution is -2.44. The highest BCUT2D eigenvalue weighted by molar-refractivity contribution is 5.94. The Morgan fingerprint density at radius 1 is 1.09 bits per heavy atom. The maximum atomic E-state index is 12.5. The number of anilines is 1. The summed E-state index contributed by atoms with van der Waals surface area (Å²) >= 11 is 0. The minimum Gasteiger partial charge on any atom is -0.423 e. The first kappa shape index (κ1) is 20.4. The van der Waals surface area contributed by atoms with Crippen LogP contribution in [0.2, 0.25) is 0 Å². The third-order valence-electron chi connectivity index (χ3n) is 5.70. The lowest BCUT2D eigenvalue weighted by Gasteiger charge is -2.18. The molecule has 1 aromatic heterocycles. The molecule has 1 amide bonds. The number of amides is 1. The number of carbonyl (C=O) groups excluding carboxylic acids is 1. The normalized spacial score (nSPS) is 24.2. The smallest absolute Gasteiger partial charge is 0.341 e. The van der Waals surface area contributed by atoms with E-state index in [-0.39, 0.29) is 36.2 Å². The third-order valence-corrected chi connectivity index (χ3v) is 5.70. The predicted molar refractivity (Wildman–Crippen MR) is 115 cm³/mol. The van der Waals surface area contributed by atoms with E-state index in [0.29, 0.717) is 24.5 Å². The number of carbonyl (C=O) groups is 1. The standard InChI is InChI=1S/C22H24N6O4/c1-27(2)15-9-6-10-16(11-15)32-22-24-25-26-28(22)18-13-31-19-17(12-30-20(18)19)23-21(29)14-7-4-3-5-8-14/h3-11,17-20H,12-13H2,1-2H3,(H,23,29). The van der Waals surface area contributed by atoms with Gasteiger partial charge < -0.3 is 24.4 Å². The molecule has 166 valence electrons. The third kappa shape index (κ3) is 3.90. The van der Waals surface area contributed by atoms with Crippen molar-refractivity contribution in [1.29, 1.82) is 0 Å². The molecule has 32 heavy (non-hydrogen) atoms. The Labute approximate surface area is 185 Å². The van der Waals surface area contributed by atoms with E-state index in [1.165, 1.54) is 0 Å². The lowest BCUT2D eigenvalue weighted by molar-refractivity contribution is 0.0606. The van der Waals surface area contributed by atoms with Crippen LogP contribution in [-0.2, 0) is 9.47 Å². The van der Waals surface area contributed by atoms with Crippen LogP contribution in [0.4, 0.5) is 5.69 Å². The Balaban J connectivity index is 1.28. The van der Waals surface area contributed by atoms with E-state index in [0.717, 1.165) is 5.69 Å². The van der Waals surface area contributed by atoms with Crippen LogP contribution in [0.25, 0.3) is 0 Å². The van der Waals surface area contributed by atoms with Crippen LogP contribution in [0.1, 0.15) is 16.4 Å². The topological polar surface area (TPSA) is 104 Å². The van der Waals surface area contributed by atoms with E-state index < -0.39 is 0 Å². The van der Waals surface area contributed by atoms with E-state index in [9.17, 15) is 4.79 Å². The molecule has 2 aliphatic rings. The summed E-state index contributed by atoms with van der Waals surface area (Å²) in [6, 6.07) is 16.5. The highest BCUT2D eigenvalue weighted by atomic mass is 16.6. The summed E-state index contributed by atoms with van der Waals surface area (Å²) in [4.78, 5) is 14.5. The van der Waals surface area contributed by atoms with Gasteiger partial charge in [0.05, 0.1) is 19.3 Å². The zero-order valence-corrected chi connectivity index (χ0v) is 17.8. The summed E-state index contributed by atoms with van der Waals surface area (Å²) in [6.45, 7) is 0.708. The van der Waals surface area contributed by atoms with Crippen LogP contribution in [0.5, 0.6) is 11.8 Å². The summed E-state index contributed by atoms with van der Waals surface area (Å²) in [7, 11) is 3.92. The first-order chi connectivity index (χ1) is 15.6. The van der Waals surface area contributed by atoms with Crippen LogP contribution in [0, 0.1) is 0 Å². The summed E-state index contributed by atoms with van der Waals surface area (Å²) < 4.78 is 19.6. The number of hydrogen-bond acceptors (Lipinski definition) is 8. The quantitative estimate of drug-likeness (QED) is 0.622. The molecule has 2 saturated heterocycles. The number of rotatable bonds is 6. The molecular formula is C22H24N6O4. The van der Waals surface area contributed by atoms with Crippen molar-refractivity contribution in [3.63, 3.8) is 0 Å². The van der Waals surface area contributed by atoms with Crippen LogP contribution in [0.3, 0.4) is 0 Å². The molecule has 0 spiro atoms. The molecule has 2 aromatic carbocycles. The van der Waals surface area contributed by atoms with Crippen molar-refractivity contribution in [1.82, 2.24) is 25.5 Å². The van der Waals surface area contributed by atoms with E-state index in [2.05, 4.69) is 20.8 Å². The Morgan fingerprint density at radius 3 is 2.72 bits per heavy atom. The fraction of sp³-hybridized carbons (Fsp3) is 0.364. The zero-order chi connectivity index (χ0) is 22.1. The fourth-order valence-corrected chi connectivity index (χ4v) is 4.05. The van der Waals surface area contributed by atoms with Crippen LogP contribution < -0.4 is 15.0 Å². The molecule has 3 heterocycles. The summed E-state index contributed by atoms with van der Waals surface area (Å²) in [5.74, 6) is 0.474. The van der Waals surface area contributed by atoms with Gasteiger partial charge in [-0.2, -0.15) is 4.68 Å². The molecule has 10 heteroatoms. The van der Waals surface area contributed by atoms with Crippen LogP contribution in [-0.4, -0.2) is 71.7 Å². The summed E-state index contributed by atoms with van der Waals surface area (Å²) in [6.07, 6.45) is -0.586. The molecule has 2 aliphatic heterocycles. The molecule has 4 unspecified atom stereocenters. The number of nitrogens with one attached hydrogen (secondary N) is 1. The van der Waals surface area contributed by atoms with Crippen molar-refractivity contribution in [3.8, 4) is 11.8 Å². The first-order valence-corrected chi connectivity index (χ1v) is 10.4. The molecule has 5 rings (SSSR count). The highest BCUT2D eigenvalue weighted by Gasteiger charge is 2.50. The summed E-state index contributed by atoms with van der Waals surface area (Å²) in [5.41, 5.74) is 1.60. The maximum Gasteiger partial charge on any atom is 0.341 e. The number of tetrazole rings is 1. The van der Waals surface area contributed by atoms with Crippen LogP contribution >= 0.6 is 0 Å². The number of benzene rings is 2. The van der Waals surface area contributed by atoms with Gasteiger partial charge in [-0.3, -0.25) is 4.79 Å². The van der Waals surface area contributed by atoms with Gasteiger partial charge in [0, 0.05) is 31.4 Å². The zero-order valence-electron chi connectivity index (χ0n) is 17.8. The van der Waals surface area contributed by atoms with Gasteiger partial charge in [-0.15, -0.1) is 0 Å². The van der Waals surface area contributed by atoms with Crippen molar-refractivity contribution in [2.45, 2.75) is 24.3 Å². The highest BCUT2D eigenvalue weighted by Crippen LogP contribution is 2.36. The molecule has 10 nitrogen and oxygen atoms in total. The van der Waals surface area contributed by atoms with Gasteiger partial charge in [0.25, 0.3) is 5.91 Å². The van der Waals surface area contributed by atoms with Gasteiger partial charge in [-0.25, -0.2) is 0 Å². The average Bonchev–Trinajstić information content (AvgIpc) is 3.52. The number of ether oxygens (including phenoxy) is 3. The fourth-order valence-electron chi connectivity index (χ4n) is 4.05. The van der Waals surface area contributed by atoms with Crippen molar-refractivity contribution in [3.05, 3.63) is 60.2 Å². The SMILES string of the molecule is CN(C)c1cccc(Oc2nnnn2C2COC3C(NC(=O)c4ccccc4)COC32)c1. The molecule has 1 N–H and O–H groups in total. The minimum absolute atomic E-state index is 0.154. The number of aromatic nitrogens is 4. The van der Waals surface area contributed by atoms with Crippen molar-refractivity contribution < 1.29 is 19.0 Å². The Bertz CT molecular complexity index is 1090. The molecular weight excluding hydrogens is 412 g/mol. The van der Waals surface area contributed by atoms with Crippen LogP contribution in [0.15, 0.2) is 54.6 Å². The second-order valence-electron chi connectivity index (χ2n) is 8.01. The molecule has 4 atom stereocenters. The van der Waals surface area contributed by atoms with Gasteiger partial charge in [0.15, 0.2) is 0 Å². The largest absolute Gasteiger partial charge is 0.423 e. The molecule has 3 aromatic rings. The number of hydrogen-bond donors (Lipinski definition) is 1. The number of nitrogens with zero attached hydrogens (tertiary/aromatic N) is 5. The van der Waals surface area contributed by atoms with Gasteiger partial charge in [-0.1, -0.05) is 29.4 Å². The lowest BCUT2D eigenvalue weighted by atomic mass is 10.1. The second-order valence-corrected chi connectivity index (χ2v) is 8.01. The van der Waals surface area contributed by atoms with E-state index >= 15 is 0 Å². The molecule has 0 bridgehead atoms. The predicted octanol–water partition coefficient (Wildman–Crippen LogP) is 1.67. The average molecular weight is 436 g/mol. The first-order valence-electron chi connectivity index (χ1n) is 10.4. The van der Waals surface area contributed by atoms with Gasteiger partial charge in [0.1, 0.15) is 24.0 Å².